The van der Waals surface area contributed by atoms with Gasteiger partial charge >= 0.3 is 0 Å². The van der Waals surface area contributed by atoms with Gasteiger partial charge in [-0.3, -0.25) is 0 Å². The molecule has 2 rings (SSSR count). The molecule has 18 heavy (non-hydrogen) atoms. The maximum atomic E-state index is 9.17. The fourth-order valence-corrected chi connectivity index (χ4v) is 2.24. The van der Waals surface area contributed by atoms with Gasteiger partial charge in [-0.25, -0.2) is 4.98 Å². The lowest BCUT2D eigenvalue weighted by molar-refractivity contribution is 0.269. The highest BCUT2D eigenvalue weighted by molar-refractivity contribution is 6.42. The molecule has 3 nitrogen and oxygen atoms in total. The van der Waals surface area contributed by atoms with Crippen LogP contribution in [0.1, 0.15) is 17.9 Å². The molecule has 0 aliphatic rings. The van der Waals surface area contributed by atoms with Gasteiger partial charge in [-0.1, -0.05) is 29.3 Å². The summed E-state index contributed by atoms with van der Waals surface area (Å²) >= 11 is 11.9. The van der Waals surface area contributed by atoms with Crippen molar-refractivity contribution >= 4 is 23.2 Å². The van der Waals surface area contributed by atoms with Crippen LogP contribution >= 0.6 is 23.2 Å². The zero-order chi connectivity index (χ0) is 13.0. The number of halogens is 2. The van der Waals surface area contributed by atoms with Crippen molar-refractivity contribution < 1.29 is 5.11 Å². The van der Waals surface area contributed by atoms with Crippen molar-refractivity contribution in [2.75, 3.05) is 6.61 Å². The van der Waals surface area contributed by atoms with Gasteiger partial charge < -0.3 is 9.67 Å². The van der Waals surface area contributed by atoms with Crippen molar-refractivity contribution in [3.8, 4) is 0 Å². The van der Waals surface area contributed by atoms with Crippen LogP contribution in [0.3, 0.4) is 0 Å². The summed E-state index contributed by atoms with van der Waals surface area (Å²) in [5.74, 6) is 0.193. The highest BCUT2D eigenvalue weighted by Gasteiger charge is 2.13. The molecule has 1 aromatic carbocycles. The molecule has 0 spiro atoms. The van der Waals surface area contributed by atoms with E-state index in [2.05, 4.69) is 4.98 Å². The van der Waals surface area contributed by atoms with Crippen molar-refractivity contribution in [2.45, 2.75) is 18.9 Å². The van der Waals surface area contributed by atoms with Gasteiger partial charge in [0.1, 0.15) is 0 Å². The van der Waals surface area contributed by atoms with Gasteiger partial charge in [-0.05, 0) is 24.1 Å². The summed E-state index contributed by atoms with van der Waals surface area (Å²) in [6, 6.07) is 5.60. The summed E-state index contributed by atoms with van der Waals surface area (Å²) in [6.07, 6.45) is 6.09. The Kier molecular flexibility index (Phi) is 4.64. The molecule has 2 aromatic rings. The quantitative estimate of drug-likeness (QED) is 0.914. The van der Waals surface area contributed by atoms with E-state index in [1.54, 1.807) is 18.6 Å². The molecular weight excluding hydrogens is 271 g/mol. The highest BCUT2D eigenvalue weighted by Crippen LogP contribution is 2.28. The Bertz CT molecular complexity index is 500. The van der Waals surface area contributed by atoms with E-state index in [-0.39, 0.29) is 12.5 Å². The third kappa shape index (κ3) is 3.25. The lowest BCUT2D eigenvalue weighted by atomic mass is 9.96. The van der Waals surface area contributed by atoms with E-state index in [4.69, 9.17) is 28.3 Å². The Hall–Kier alpha value is -1.03. The van der Waals surface area contributed by atoms with Crippen LogP contribution in [0, 0.1) is 0 Å². The van der Waals surface area contributed by atoms with Crippen LogP contribution in [0.5, 0.6) is 0 Å². The molecule has 0 fully saturated rings. The minimum absolute atomic E-state index is 0.139. The molecule has 0 bridgehead atoms. The number of rotatable bonds is 5. The first-order valence-corrected chi connectivity index (χ1v) is 6.48. The average Bonchev–Trinajstić information content (AvgIpc) is 2.85. The van der Waals surface area contributed by atoms with E-state index in [1.807, 2.05) is 22.9 Å². The number of hydrogen-bond donors (Lipinski definition) is 1. The smallest absolute Gasteiger partial charge is 0.0946 e. The van der Waals surface area contributed by atoms with Crippen molar-refractivity contribution in [3.63, 3.8) is 0 Å². The van der Waals surface area contributed by atoms with Crippen molar-refractivity contribution in [1.29, 1.82) is 0 Å². The summed E-state index contributed by atoms with van der Waals surface area (Å²) in [6.45, 7) is 0.901. The van der Waals surface area contributed by atoms with E-state index >= 15 is 0 Å². The second-order valence-electron chi connectivity index (χ2n) is 4.14. The molecule has 5 heteroatoms. The Morgan fingerprint density at radius 3 is 2.72 bits per heavy atom. The molecule has 96 valence electrons. The zero-order valence-electron chi connectivity index (χ0n) is 9.76. The monoisotopic (exact) mass is 284 g/mol. The van der Waals surface area contributed by atoms with Gasteiger partial charge in [0, 0.05) is 31.5 Å². The molecule has 1 aromatic heterocycles. The highest BCUT2D eigenvalue weighted by atomic mass is 35.5. The van der Waals surface area contributed by atoms with Gasteiger partial charge in [0.25, 0.3) is 0 Å². The summed E-state index contributed by atoms with van der Waals surface area (Å²) in [5.41, 5.74) is 1.08. The van der Waals surface area contributed by atoms with Crippen LogP contribution in [-0.4, -0.2) is 21.3 Å². The lowest BCUT2D eigenvalue weighted by Crippen LogP contribution is -2.10. The lowest BCUT2D eigenvalue weighted by Gasteiger charge is -2.17. The van der Waals surface area contributed by atoms with Gasteiger partial charge in [-0.15, -0.1) is 0 Å². The molecule has 0 aliphatic carbocycles. The predicted octanol–water partition coefficient (Wildman–Crippen LogP) is 3.36. The number of aromatic nitrogens is 2. The van der Waals surface area contributed by atoms with Gasteiger partial charge in [0.05, 0.1) is 16.4 Å². The Labute approximate surface area is 116 Å². The molecule has 0 radical (unpaired) electrons. The van der Waals surface area contributed by atoms with Crippen molar-refractivity contribution in [1.82, 2.24) is 9.55 Å². The molecule has 1 atom stereocenters. The fourth-order valence-electron chi connectivity index (χ4n) is 1.93. The third-order valence-electron chi connectivity index (χ3n) is 2.88. The van der Waals surface area contributed by atoms with E-state index in [0.717, 1.165) is 12.1 Å². The molecule has 0 saturated heterocycles. The predicted molar refractivity (Wildman–Crippen MR) is 73.1 cm³/mol. The number of nitrogens with zero attached hydrogens (tertiary/aromatic N) is 2. The van der Waals surface area contributed by atoms with Gasteiger partial charge in [0.2, 0.25) is 0 Å². The first-order valence-electron chi connectivity index (χ1n) is 5.72. The van der Waals surface area contributed by atoms with Crippen LogP contribution in [0.25, 0.3) is 0 Å². The maximum Gasteiger partial charge on any atom is 0.0946 e. The molecule has 0 amide bonds. The number of hydrogen-bond acceptors (Lipinski definition) is 2. The summed E-state index contributed by atoms with van der Waals surface area (Å²) < 4.78 is 1.99. The molecule has 0 unspecified atom stereocenters. The van der Waals surface area contributed by atoms with Crippen LogP contribution in [0.15, 0.2) is 36.9 Å². The number of aliphatic hydroxyl groups excluding tert-OH is 1. The van der Waals surface area contributed by atoms with Gasteiger partial charge in [0.15, 0.2) is 0 Å². The average molecular weight is 285 g/mol. The number of imidazole rings is 1. The second-order valence-corrected chi connectivity index (χ2v) is 4.96. The number of benzene rings is 1. The van der Waals surface area contributed by atoms with E-state index in [1.165, 1.54) is 0 Å². The Morgan fingerprint density at radius 1 is 1.28 bits per heavy atom. The first-order chi connectivity index (χ1) is 8.70. The fraction of sp³-hybridized carbons (Fsp3) is 0.308. The SMILES string of the molecule is OCC[C@@H](Cn1ccnc1)c1ccc(Cl)c(Cl)c1. The Balaban J connectivity index is 2.20. The van der Waals surface area contributed by atoms with E-state index in [0.29, 0.717) is 16.5 Å². The topological polar surface area (TPSA) is 38.0 Å². The largest absolute Gasteiger partial charge is 0.396 e. The molecule has 1 heterocycles. The standard InChI is InChI=1S/C13H14Cl2N2O/c14-12-2-1-10(7-13(12)15)11(3-6-18)8-17-5-4-16-9-17/h1-2,4-5,7,9,11,18H,3,6,8H2/t11-/m0/s1. The normalized spacial score (nSPS) is 12.6. The van der Waals surface area contributed by atoms with Crippen molar-refractivity contribution in [3.05, 3.63) is 52.5 Å². The summed E-state index contributed by atoms with van der Waals surface area (Å²) in [7, 11) is 0. The minimum Gasteiger partial charge on any atom is -0.396 e. The minimum atomic E-state index is 0.139. The molecule has 1 N–H and O–H groups in total. The van der Waals surface area contributed by atoms with E-state index in [9.17, 15) is 0 Å². The van der Waals surface area contributed by atoms with Crippen LogP contribution < -0.4 is 0 Å². The van der Waals surface area contributed by atoms with Crippen LogP contribution in [0.4, 0.5) is 0 Å². The van der Waals surface area contributed by atoms with E-state index < -0.39 is 0 Å². The third-order valence-corrected chi connectivity index (χ3v) is 3.62. The Morgan fingerprint density at radius 2 is 2.11 bits per heavy atom. The number of aliphatic hydroxyl groups is 1. The first kappa shape index (κ1) is 13.4. The van der Waals surface area contributed by atoms with Gasteiger partial charge in [-0.2, -0.15) is 0 Å². The second kappa shape index (κ2) is 6.23. The molecule has 0 aliphatic heterocycles. The van der Waals surface area contributed by atoms with Crippen LogP contribution in [-0.2, 0) is 6.54 Å². The summed E-state index contributed by atoms with van der Waals surface area (Å²) in [4.78, 5) is 4.01. The molecular formula is C13H14Cl2N2O. The van der Waals surface area contributed by atoms with Crippen LogP contribution in [0.2, 0.25) is 10.0 Å². The van der Waals surface area contributed by atoms with Crippen molar-refractivity contribution in [2.24, 2.45) is 0 Å². The summed E-state index contributed by atoms with van der Waals surface area (Å²) in [5, 5.41) is 10.3. The molecule has 0 saturated carbocycles. The zero-order valence-corrected chi connectivity index (χ0v) is 11.3. The maximum absolute atomic E-state index is 9.17.